The van der Waals surface area contributed by atoms with Gasteiger partial charge < -0.3 is 9.47 Å². The second-order valence-electron chi connectivity index (χ2n) is 6.77. The quantitative estimate of drug-likeness (QED) is 0.349. The van der Waals surface area contributed by atoms with Crippen LogP contribution in [-0.4, -0.2) is 42.9 Å². The van der Waals surface area contributed by atoms with Gasteiger partial charge in [-0.05, 0) is 44.5 Å². The van der Waals surface area contributed by atoms with Crippen molar-refractivity contribution in [1.82, 2.24) is 10.9 Å². The molecule has 3 amide bonds. The van der Waals surface area contributed by atoms with Crippen LogP contribution in [0.5, 0.6) is 0 Å². The van der Waals surface area contributed by atoms with Gasteiger partial charge in [0.2, 0.25) is 0 Å². The van der Waals surface area contributed by atoms with E-state index >= 15 is 0 Å². The normalized spacial score (nSPS) is 16.1. The number of rotatable bonds is 4. The topological polar surface area (TPSA) is 146 Å². The maximum atomic E-state index is 14.3. The van der Waals surface area contributed by atoms with Crippen LogP contribution in [0.4, 0.5) is 19.7 Å². The van der Waals surface area contributed by atoms with Crippen molar-refractivity contribution >= 4 is 23.8 Å². The molecule has 2 N–H and O–H groups in total. The molecule has 1 aromatic rings. The Morgan fingerprint density at radius 2 is 2.14 bits per heavy atom. The molecule has 0 aromatic heterocycles. The summed E-state index contributed by atoms with van der Waals surface area (Å²) < 4.78 is 24.3. The molecule has 1 aromatic carbocycles. The summed E-state index contributed by atoms with van der Waals surface area (Å²) in [6, 6.07) is 3.49. The molecule has 11 nitrogen and oxygen atoms in total. The number of anilines is 1. The Labute approximate surface area is 159 Å². The van der Waals surface area contributed by atoms with Crippen molar-refractivity contribution in [3.63, 3.8) is 0 Å². The summed E-state index contributed by atoms with van der Waals surface area (Å²) in [5, 5.41) is 3.33. The number of azide groups is 1. The van der Waals surface area contributed by atoms with Crippen LogP contribution < -0.4 is 15.8 Å². The molecular formula is C16H19FN6O5. The maximum absolute atomic E-state index is 14.3. The molecule has 0 aliphatic carbocycles. The fraction of sp³-hybridized carbons (Fsp3) is 0.438. The van der Waals surface area contributed by atoms with Gasteiger partial charge in [0.15, 0.2) is 0 Å². The number of benzene rings is 1. The molecule has 2 rings (SSSR count). The average Bonchev–Trinajstić information content (AvgIpc) is 2.97. The van der Waals surface area contributed by atoms with Crippen molar-refractivity contribution in [3.8, 4) is 0 Å². The van der Waals surface area contributed by atoms with Crippen LogP contribution >= 0.6 is 0 Å². The summed E-state index contributed by atoms with van der Waals surface area (Å²) in [7, 11) is 0. The largest absolute Gasteiger partial charge is 0.444 e. The van der Waals surface area contributed by atoms with Crippen molar-refractivity contribution in [2.75, 3.05) is 18.0 Å². The van der Waals surface area contributed by atoms with E-state index in [1.165, 1.54) is 6.07 Å². The van der Waals surface area contributed by atoms with E-state index in [0.717, 1.165) is 17.0 Å². The smallest absolute Gasteiger partial charge is 0.426 e. The van der Waals surface area contributed by atoms with Crippen LogP contribution in [0.1, 0.15) is 31.1 Å². The highest BCUT2D eigenvalue weighted by atomic mass is 19.1. The zero-order chi connectivity index (χ0) is 20.9. The van der Waals surface area contributed by atoms with E-state index in [0.29, 0.717) is 0 Å². The minimum atomic E-state index is -0.910. The first-order valence-corrected chi connectivity index (χ1v) is 8.18. The van der Waals surface area contributed by atoms with E-state index in [2.05, 4.69) is 10.0 Å². The second kappa shape index (κ2) is 8.44. The molecule has 1 heterocycles. The highest BCUT2D eigenvalue weighted by Crippen LogP contribution is 2.24. The van der Waals surface area contributed by atoms with Gasteiger partial charge >= 0.3 is 12.2 Å². The lowest BCUT2D eigenvalue weighted by atomic mass is 10.1. The van der Waals surface area contributed by atoms with Gasteiger partial charge in [-0.2, -0.15) is 0 Å². The van der Waals surface area contributed by atoms with Crippen LogP contribution in [0.3, 0.4) is 0 Å². The third-order valence-corrected chi connectivity index (χ3v) is 3.41. The number of carbonyl (C=O) groups excluding carboxylic acids is 3. The fourth-order valence-corrected chi connectivity index (χ4v) is 2.29. The van der Waals surface area contributed by atoms with Gasteiger partial charge in [-0.25, -0.2) is 19.4 Å². The van der Waals surface area contributed by atoms with E-state index in [1.807, 2.05) is 10.9 Å². The third-order valence-electron chi connectivity index (χ3n) is 3.41. The second-order valence-corrected chi connectivity index (χ2v) is 6.77. The Kier molecular flexibility index (Phi) is 6.26. The first-order chi connectivity index (χ1) is 13.1. The number of halogens is 1. The maximum Gasteiger partial charge on any atom is 0.426 e. The van der Waals surface area contributed by atoms with Crippen LogP contribution in [0.25, 0.3) is 10.4 Å². The van der Waals surface area contributed by atoms with E-state index < -0.39 is 35.6 Å². The highest BCUT2D eigenvalue weighted by Gasteiger charge is 2.32. The molecule has 1 aliphatic rings. The van der Waals surface area contributed by atoms with Gasteiger partial charge in [-0.3, -0.25) is 15.1 Å². The Bertz CT molecular complexity index is 833. The first kappa shape index (κ1) is 20.8. The number of cyclic esters (lactones) is 1. The van der Waals surface area contributed by atoms with Crippen molar-refractivity contribution in [2.45, 2.75) is 32.5 Å². The molecule has 12 heteroatoms. The standard InChI is InChI=1S/C16H19FN6O5/c1-16(2,3)28-14(25)21-20-13(24)11-5-4-9(6-12(11)17)23-8-10(7-19-22-18)27-15(23)26/h4-6,10H,7-8H2,1-3H3,(H,20,24)(H,21,25). The van der Waals surface area contributed by atoms with Gasteiger partial charge in [0, 0.05) is 4.91 Å². The number of nitrogens with one attached hydrogen (secondary N) is 2. The summed E-state index contributed by atoms with van der Waals surface area (Å²) >= 11 is 0. The monoisotopic (exact) mass is 394 g/mol. The number of hydrogen-bond donors (Lipinski definition) is 2. The Balaban J connectivity index is 2.02. The molecule has 150 valence electrons. The number of amides is 3. The number of hydrazine groups is 1. The SMILES string of the molecule is CC(C)(C)OC(=O)NNC(=O)c1ccc(N2CC(CN=[N+]=[N-])OC2=O)cc1F. The minimum Gasteiger partial charge on any atom is -0.444 e. The Morgan fingerprint density at radius 3 is 2.75 bits per heavy atom. The Morgan fingerprint density at radius 1 is 1.43 bits per heavy atom. The number of carbonyl (C=O) groups is 3. The van der Waals surface area contributed by atoms with Gasteiger partial charge in [0.05, 0.1) is 24.3 Å². The zero-order valence-corrected chi connectivity index (χ0v) is 15.4. The predicted molar refractivity (Wildman–Crippen MR) is 94.9 cm³/mol. The highest BCUT2D eigenvalue weighted by molar-refractivity contribution is 5.96. The van der Waals surface area contributed by atoms with Crippen LogP contribution in [0.2, 0.25) is 0 Å². The van der Waals surface area contributed by atoms with E-state index in [-0.39, 0.29) is 24.3 Å². The molecule has 1 fully saturated rings. The summed E-state index contributed by atoms with van der Waals surface area (Å²) in [5.74, 6) is -1.81. The molecule has 1 unspecified atom stereocenters. The first-order valence-electron chi connectivity index (χ1n) is 8.18. The summed E-state index contributed by atoms with van der Waals surface area (Å²) in [5.41, 5.74) is 11.4. The number of hydrogen-bond acceptors (Lipinski definition) is 6. The van der Waals surface area contributed by atoms with E-state index in [9.17, 15) is 18.8 Å². The zero-order valence-electron chi connectivity index (χ0n) is 15.4. The molecule has 1 aliphatic heterocycles. The van der Waals surface area contributed by atoms with Crippen molar-refractivity contribution in [3.05, 3.63) is 40.0 Å². The molecule has 0 bridgehead atoms. The van der Waals surface area contributed by atoms with Crippen molar-refractivity contribution in [2.24, 2.45) is 5.11 Å². The molecule has 0 radical (unpaired) electrons. The molecular weight excluding hydrogens is 375 g/mol. The van der Waals surface area contributed by atoms with Gasteiger partial charge in [-0.15, -0.1) is 0 Å². The third kappa shape index (κ3) is 5.48. The minimum absolute atomic E-state index is 0.0436. The summed E-state index contributed by atoms with van der Waals surface area (Å²) in [6.45, 7) is 4.97. The van der Waals surface area contributed by atoms with Crippen LogP contribution in [0, 0.1) is 5.82 Å². The lowest BCUT2D eigenvalue weighted by Gasteiger charge is -2.19. The predicted octanol–water partition coefficient (Wildman–Crippen LogP) is 2.63. The van der Waals surface area contributed by atoms with E-state index in [4.69, 9.17) is 15.0 Å². The average molecular weight is 394 g/mol. The molecule has 0 spiro atoms. The van der Waals surface area contributed by atoms with Crippen molar-refractivity contribution < 1.29 is 28.2 Å². The molecule has 28 heavy (non-hydrogen) atoms. The van der Waals surface area contributed by atoms with Crippen LogP contribution in [-0.2, 0) is 9.47 Å². The van der Waals surface area contributed by atoms with Gasteiger partial charge in [0.1, 0.15) is 17.5 Å². The van der Waals surface area contributed by atoms with Crippen molar-refractivity contribution in [1.29, 1.82) is 0 Å². The number of ether oxygens (including phenoxy) is 2. The van der Waals surface area contributed by atoms with Gasteiger partial charge in [0.25, 0.3) is 5.91 Å². The summed E-state index contributed by atoms with van der Waals surface area (Å²) in [4.78, 5) is 39.2. The molecule has 1 saturated heterocycles. The van der Waals surface area contributed by atoms with Gasteiger partial charge in [-0.1, -0.05) is 5.11 Å². The van der Waals surface area contributed by atoms with E-state index in [1.54, 1.807) is 20.8 Å². The van der Waals surface area contributed by atoms with Crippen LogP contribution in [0.15, 0.2) is 23.3 Å². The summed E-state index contributed by atoms with van der Waals surface area (Å²) in [6.07, 6.45) is -2.27. The lowest BCUT2D eigenvalue weighted by Crippen LogP contribution is -2.44. The number of nitrogens with zero attached hydrogens (tertiary/aromatic N) is 4. The Hall–Kier alpha value is -3.53. The lowest BCUT2D eigenvalue weighted by molar-refractivity contribution is 0.0483. The fourth-order valence-electron chi connectivity index (χ4n) is 2.29. The molecule has 1 atom stereocenters. The molecule has 0 saturated carbocycles.